The smallest absolute Gasteiger partial charge is 0.218 e. The van der Waals surface area contributed by atoms with Gasteiger partial charge in [0.2, 0.25) is 5.91 Å². The quantitative estimate of drug-likeness (QED) is 0.459. The van der Waals surface area contributed by atoms with Crippen molar-refractivity contribution < 1.29 is 4.79 Å². The minimum Gasteiger partial charge on any atom is -0.370 e. The van der Waals surface area contributed by atoms with Crippen molar-refractivity contribution in [2.75, 3.05) is 11.5 Å². The maximum atomic E-state index is 10.1. The van der Waals surface area contributed by atoms with Crippen LogP contribution < -0.4 is 5.73 Å². The van der Waals surface area contributed by atoms with Gasteiger partial charge in [-0.15, -0.1) is 6.58 Å². The van der Waals surface area contributed by atoms with Crippen LogP contribution in [0.3, 0.4) is 0 Å². The highest BCUT2D eigenvalue weighted by Gasteiger charge is 1.91. The van der Waals surface area contributed by atoms with E-state index in [1.807, 2.05) is 6.08 Å². The maximum absolute atomic E-state index is 10.1. The first-order valence-corrected chi connectivity index (χ1v) is 3.89. The third kappa shape index (κ3) is 7.56. The molecule has 0 rings (SSSR count). The molecule has 52 valence electrons. The zero-order valence-corrected chi connectivity index (χ0v) is 6.12. The molecule has 9 heavy (non-hydrogen) atoms. The summed E-state index contributed by atoms with van der Waals surface area (Å²) in [7, 11) is 0. The van der Waals surface area contributed by atoms with Crippen molar-refractivity contribution in [3.63, 3.8) is 0 Å². The van der Waals surface area contributed by atoms with Gasteiger partial charge in [-0.3, -0.25) is 4.79 Å². The van der Waals surface area contributed by atoms with Crippen molar-refractivity contribution in [2.45, 2.75) is 6.42 Å². The van der Waals surface area contributed by atoms with Crippen LogP contribution in [0.1, 0.15) is 6.42 Å². The third-order valence-corrected chi connectivity index (χ3v) is 1.69. The summed E-state index contributed by atoms with van der Waals surface area (Å²) in [6.07, 6.45) is 2.28. The van der Waals surface area contributed by atoms with Gasteiger partial charge in [-0.1, -0.05) is 6.08 Å². The Kier molecular flexibility index (Phi) is 5.41. The van der Waals surface area contributed by atoms with Gasteiger partial charge >= 0.3 is 0 Å². The lowest BCUT2D eigenvalue weighted by atomic mass is 10.5. The Balaban J connectivity index is 2.91. The Morgan fingerprint density at radius 2 is 2.44 bits per heavy atom. The molecule has 3 heteroatoms. The molecule has 2 N–H and O–H groups in total. The minimum atomic E-state index is -0.230. The van der Waals surface area contributed by atoms with Crippen LogP contribution in [0.25, 0.3) is 0 Å². The minimum absolute atomic E-state index is 0.230. The van der Waals surface area contributed by atoms with Crippen molar-refractivity contribution in [2.24, 2.45) is 5.73 Å². The SMILES string of the molecule is C=CCSCCC(N)=O. The number of nitrogens with two attached hydrogens (primary N) is 1. The van der Waals surface area contributed by atoms with Gasteiger partial charge in [0.05, 0.1) is 0 Å². The topological polar surface area (TPSA) is 43.1 Å². The van der Waals surface area contributed by atoms with E-state index in [1.165, 1.54) is 0 Å². The van der Waals surface area contributed by atoms with Gasteiger partial charge in [0, 0.05) is 17.9 Å². The Morgan fingerprint density at radius 1 is 1.78 bits per heavy atom. The summed E-state index contributed by atoms with van der Waals surface area (Å²) in [6, 6.07) is 0. The Labute approximate surface area is 59.5 Å². The number of carbonyl (C=O) groups excluding carboxylic acids is 1. The molecule has 0 saturated carbocycles. The molecular formula is C6H11NOS. The van der Waals surface area contributed by atoms with E-state index in [0.717, 1.165) is 11.5 Å². The molecule has 0 aromatic heterocycles. The van der Waals surface area contributed by atoms with Crippen LogP contribution in [0.4, 0.5) is 0 Å². The summed E-state index contributed by atoms with van der Waals surface area (Å²) in [5.74, 6) is 1.47. The van der Waals surface area contributed by atoms with E-state index in [4.69, 9.17) is 5.73 Å². The lowest BCUT2D eigenvalue weighted by molar-refractivity contribution is -0.117. The van der Waals surface area contributed by atoms with Gasteiger partial charge in [0.25, 0.3) is 0 Å². The number of hydrogen-bond acceptors (Lipinski definition) is 2. The molecule has 0 heterocycles. The Morgan fingerprint density at radius 3 is 2.89 bits per heavy atom. The standard InChI is InChI=1S/C6H11NOS/c1-2-4-9-5-3-6(7)8/h2H,1,3-5H2,(H2,7,8). The number of hydrogen-bond donors (Lipinski definition) is 1. The van der Waals surface area contributed by atoms with Crippen molar-refractivity contribution >= 4 is 17.7 Å². The van der Waals surface area contributed by atoms with Gasteiger partial charge in [-0.2, -0.15) is 11.8 Å². The molecule has 0 aromatic rings. The fraction of sp³-hybridized carbons (Fsp3) is 0.500. The van der Waals surface area contributed by atoms with Crippen LogP contribution in [-0.4, -0.2) is 17.4 Å². The molecule has 2 nitrogen and oxygen atoms in total. The predicted octanol–water partition coefficient (Wildman–Crippen LogP) is 0.781. The van der Waals surface area contributed by atoms with E-state index in [9.17, 15) is 4.79 Å². The number of amides is 1. The molecule has 0 atom stereocenters. The summed E-state index contributed by atoms with van der Waals surface area (Å²) in [4.78, 5) is 10.1. The van der Waals surface area contributed by atoms with E-state index in [-0.39, 0.29) is 5.91 Å². The first kappa shape index (κ1) is 8.56. The van der Waals surface area contributed by atoms with Crippen molar-refractivity contribution in [3.05, 3.63) is 12.7 Å². The zero-order valence-electron chi connectivity index (χ0n) is 5.30. The van der Waals surface area contributed by atoms with Crippen LogP contribution in [0.2, 0.25) is 0 Å². The molecule has 0 saturated heterocycles. The molecule has 0 aromatic carbocycles. The summed E-state index contributed by atoms with van der Waals surface area (Å²) in [5, 5.41) is 0. The first-order valence-electron chi connectivity index (χ1n) is 2.74. The van der Waals surface area contributed by atoms with Gasteiger partial charge in [-0.25, -0.2) is 0 Å². The molecular weight excluding hydrogens is 134 g/mol. The van der Waals surface area contributed by atoms with Crippen LogP contribution in [0, 0.1) is 0 Å². The second-order valence-electron chi connectivity index (χ2n) is 1.58. The number of rotatable bonds is 5. The molecule has 0 spiro atoms. The monoisotopic (exact) mass is 145 g/mol. The fourth-order valence-electron chi connectivity index (χ4n) is 0.339. The number of thioether (sulfide) groups is 1. The van der Waals surface area contributed by atoms with E-state index < -0.39 is 0 Å². The molecule has 1 amide bonds. The number of carbonyl (C=O) groups is 1. The fourth-order valence-corrected chi connectivity index (χ4v) is 1.02. The van der Waals surface area contributed by atoms with Crippen LogP contribution in [0.5, 0.6) is 0 Å². The van der Waals surface area contributed by atoms with Crippen molar-refractivity contribution in [1.29, 1.82) is 0 Å². The number of primary amides is 1. The van der Waals surface area contributed by atoms with Gasteiger partial charge < -0.3 is 5.73 Å². The molecule has 0 fully saturated rings. The lowest BCUT2D eigenvalue weighted by Crippen LogP contribution is -2.10. The predicted molar refractivity (Wildman–Crippen MR) is 41.3 cm³/mol. The zero-order chi connectivity index (χ0) is 7.11. The summed E-state index contributed by atoms with van der Waals surface area (Å²) >= 11 is 1.66. The second kappa shape index (κ2) is 5.69. The van der Waals surface area contributed by atoms with E-state index in [0.29, 0.717) is 6.42 Å². The van der Waals surface area contributed by atoms with E-state index >= 15 is 0 Å². The van der Waals surface area contributed by atoms with Crippen molar-refractivity contribution in [3.8, 4) is 0 Å². The highest BCUT2D eigenvalue weighted by Crippen LogP contribution is 2.00. The summed E-state index contributed by atoms with van der Waals surface area (Å²) < 4.78 is 0. The molecule has 0 bridgehead atoms. The third-order valence-electron chi connectivity index (χ3n) is 0.729. The average Bonchev–Trinajstić information content (AvgIpc) is 1.80. The Bertz CT molecular complexity index is 103. The van der Waals surface area contributed by atoms with Gasteiger partial charge in [0.15, 0.2) is 0 Å². The van der Waals surface area contributed by atoms with Crippen LogP contribution >= 0.6 is 11.8 Å². The summed E-state index contributed by atoms with van der Waals surface area (Å²) in [6.45, 7) is 3.54. The van der Waals surface area contributed by atoms with Gasteiger partial charge in [-0.05, 0) is 0 Å². The normalized spacial score (nSPS) is 8.89. The van der Waals surface area contributed by atoms with E-state index in [2.05, 4.69) is 6.58 Å². The van der Waals surface area contributed by atoms with Crippen molar-refractivity contribution in [1.82, 2.24) is 0 Å². The van der Waals surface area contributed by atoms with E-state index in [1.54, 1.807) is 11.8 Å². The Hall–Kier alpha value is -0.440. The molecule has 0 radical (unpaired) electrons. The molecule has 0 unspecified atom stereocenters. The lowest BCUT2D eigenvalue weighted by Gasteiger charge is -1.92. The maximum Gasteiger partial charge on any atom is 0.218 e. The molecule has 0 aliphatic heterocycles. The largest absolute Gasteiger partial charge is 0.370 e. The highest BCUT2D eigenvalue weighted by atomic mass is 32.2. The highest BCUT2D eigenvalue weighted by molar-refractivity contribution is 7.99. The summed E-state index contributed by atoms with van der Waals surface area (Å²) in [5.41, 5.74) is 4.90. The second-order valence-corrected chi connectivity index (χ2v) is 2.73. The first-order chi connectivity index (χ1) is 4.27. The average molecular weight is 145 g/mol. The van der Waals surface area contributed by atoms with Crippen LogP contribution in [-0.2, 0) is 4.79 Å². The molecule has 0 aliphatic carbocycles. The molecule has 0 aliphatic rings. The van der Waals surface area contributed by atoms with Gasteiger partial charge in [0.1, 0.15) is 0 Å². The van der Waals surface area contributed by atoms with Crippen LogP contribution in [0.15, 0.2) is 12.7 Å².